The molecule has 6 heteroatoms. The number of hydrazone groups is 1. The zero-order valence-corrected chi connectivity index (χ0v) is 14.1. The molecule has 2 aromatic rings. The Kier molecular flexibility index (Phi) is 7.18. The highest BCUT2D eigenvalue weighted by Gasteiger charge is 2.06. The lowest BCUT2D eigenvalue weighted by Gasteiger charge is -2.05. The van der Waals surface area contributed by atoms with Gasteiger partial charge in [0.15, 0.2) is 0 Å². The van der Waals surface area contributed by atoms with Crippen molar-refractivity contribution in [3.8, 4) is 5.75 Å². The standard InChI is InChI=1S/C19H21N3O3/c1-25-17-9-5-8-16(12-17)14-21-22-19(24)11-10-18(23)20-13-15-6-3-2-4-7-15/h2-9,12,14H,10-11,13H2,1H3,(H,20,23)(H,22,24)/b21-14-. The molecule has 0 heterocycles. The number of benzene rings is 2. The minimum atomic E-state index is -0.311. The fourth-order valence-corrected chi connectivity index (χ4v) is 2.07. The van der Waals surface area contributed by atoms with Gasteiger partial charge in [0.1, 0.15) is 5.75 Å². The molecule has 0 saturated carbocycles. The van der Waals surface area contributed by atoms with E-state index < -0.39 is 0 Å². The van der Waals surface area contributed by atoms with Gasteiger partial charge in [0.05, 0.1) is 13.3 Å². The first-order chi connectivity index (χ1) is 12.2. The van der Waals surface area contributed by atoms with Crippen LogP contribution in [0.3, 0.4) is 0 Å². The number of nitrogens with zero attached hydrogens (tertiary/aromatic N) is 1. The molecule has 0 aromatic heterocycles. The van der Waals surface area contributed by atoms with Crippen LogP contribution < -0.4 is 15.5 Å². The molecule has 0 unspecified atom stereocenters. The van der Waals surface area contributed by atoms with E-state index in [-0.39, 0.29) is 24.7 Å². The summed E-state index contributed by atoms with van der Waals surface area (Å²) in [6, 6.07) is 16.9. The van der Waals surface area contributed by atoms with Crippen molar-refractivity contribution in [3.05, 3.63) is 65.7 Å². The first-order valence-electron chi connectivity index (χ1n) is 7.94. The molecule has 0 saturated heterocycles. The number of rotatable bonds is 8. The summed E-state index contributed by atoms with van der Waals surface area (Å²) in [4.78, 5) is 23.4. The highest BCUT2D eigenvalue weighted by molar-refractivity contribution is 5.85. The molecule has 2 rings (SSSR count). The van der Waals surface area contributed by atoms with E-state index >= 15 is 0 Å². The van der Waals surface area contributed by atoms with Crippen LogP contribution in [0.25, 0.3) is 0 Å². The molecule has 130 valence electrons. The average molecular weight is 339 g/mol. The second kappa shape index (κ2) is 9.87. The van der Waals surface area contributed by atoms with Crippen LogP contribution in [-0.4, -0.2) is 25.1 Å². The van der Waals surface area contributed by atoms with Crippen molar-refractivity contribution < 1.29 is 14.3 Å². The van der Waals surface area contributed by atoms with Gasteiger partial charge in [-0.05, 0) is 23.3 Å². The van der Waals surface area contributed by atoms with E-state index in [1.54, 1.807) is 13.2 Å². The first-order valence-corrected chi connectivity index (χ1v) is 7.94. The summed E-state index contributed by atoms with van der Waals surface area (Å²) in [5, 5.41) is 6.65. The number of ether oxygens (including phenoxy) is 1. The fraction of sp³-hybridized carbons (Fsp3) is 0.211. The summed E-state index contributed by atoms with van der Waals surface area (Å²) < 4.78 is 5.11. The van der Waals surface area contributed by atoms with Gasteiger partial charge in [-0.3, -0.25) is 9.59 Å². The molecular formula is C19H21N3O3. The van der Waals surface area contributed by atoms with Gasteiger partial charge in [-0.25, -0.2) is 5.43 Å². The zero-order valence-electron chi connectivity index (χ0n) is 14.1. The van der Waals surface area contributed by atoms with Crippen molar-refractivity contribution in [2.24, 2.45) is 5.10 Å². The summed E-state index contributed by atoms with van der Waals surface area (Å²) in [6.07, 6.45) is 1.72. The molecule has 6 nitrogen and oxygen atoms in total. The minimum Gasteiger partial charge on any atom is -0.497 e. The second-order valence-corrected chi connectivity index (χ2v) is 5.33. The Balaban J connectivity index is 1.67. The minimum absolute atomic E-state index is 0.0794. The monoisotopic (exact) mass is 339 g/mol. The van der Waals surface area contributed by atoms with Crippen molar-refractivity contribution >= 4 is 18.0 Å². The number of amides is 2. The van der Waals surface area contributed by atoms with Gasteiger partial charge >= 0.3 is 0 Å². The molecule has 0 aliphatic heterocycles. The predicted molar refractivity (Wildman–Crippen MR) is 96.3 cm³/mol. The highest BCUT2D eigenvalue weighted by Crippen LogP contribution is 2.10. The molecule has 0 spiro atoms. The lowest BCUT2D eigenvalue weighted by Crippen LogP contribution is -2.25. The molecule has 2 aromatic carbocycles. The normalized spacial score (nSPS) is 10.4. The van der Waals surface area contributed by atoms with Crippen LogP contribution in [0.15, 0.2) is 59.7 Å². The Hall–Kier alpha value is -3.15. The fourth-order valence-electron chi connectivity index (χ4n) is 2.07. The van der Waals surface area contributed by atoms with E-state index in [1.165, 1.54) is 6.21 Å². The maximum atomic E-state index is 11.7. The van der Waals surface area contributed by atoms with Gasteiger partial charge in [-0.2, -0.15) is 5.10 Å². The summed E-state index contributed by atoms with van der Waals surface area (Å²) in [5.41, 5.74) is 4.23. The van der Waals surface area contributed by atoms with Crippen LogP contribution in [0, 0.1) is 0 Å². The summed E-state index contributed by atoms with van der Waals surface area (Å²) in [5.74, 6) is 0.232. The number of carbonyl (C=O) groups excluding carboxylic acids is 2. The Bertz CT molecular complexity index is 730. The topological polar surface area (TPSA) is 79.8 Å². The number of hydrogen-bond acceptors (Lipinski definition) is 4. The van der Waals surface area contributed by atoms with E-state index in [9.17, 15) is 9.59 Å². The molecule has 25 heavy (non-hydrogen) atoms. The highest BCUT2D eigenvalue weighted by atomic mass is 16.5. The Labute approximate surface area is 146 Å². The van der Waals surface area contributed by atoms with Gasteiger partial charge < -0.3 is 10.1 Å². The molecule has 0 bridgehead atoms. The summed E-state index contributed by atoms with van der Waals surface area (Å²) in [6.45, 7) is 0.454. The van der Waals surface area contributed by atoms with E-state index in [0.29, 0.717) is 12.3 Å². The average Bonchev–Trinajstić information content (AvgIpc) is 2.65. The third-order valence-electron chi connectivity index (χ3n) is 3.41. The van der Waals surface area contributed by atoms with E-state index in [0.717, 1.165) is 11.1 Å². The molecule has 0 fully saturated rings. The van der Waals surface area contributed by atoms with Crippen LogP contribution in [0.4, 0.5) is 0 Å². The molecule has 0 aliphatic rings. The van der Waals surface area contributed by atoms with Crippen LogP contribution in [0.1, 0.15) is 24.0 Å². The summed E-state index contributed by atoms with van der Waals surface area (Å²) in [7, 11) is 1.58. The quantitative estimate of drug-likeness (QED) is 0.572. The molecular weight excluding hydrogens is 318 g/mol. The maximum absolute atomic E-state index is 11.7. The Morgan fingerprint density at radius 3 is 2.56 bits per heavy atom. The van der Waals surface area contributed by atoms with Crippen molar-refractivity contribution in [2.45, 2.75) is 19.4 Å². The molecule has 2 N–H and O–H groups in total. The number of carbonyl (C=O) groups is 2. The Morgan fingerprint density at radius 2 is 1.80 bits per heavy atom. The molecule has 2 amide bonds. The summed E-state index contributed by atoms with van der Waals surface area (Å²) >= 11 is 0. The van der Waals surface area contributed by atoms with Crippen molar-refractivity contribution in [3.63, 3.8) is 0 Å². The van der Waals surface area contributed by atoms with Crippen molar-refractivity contribution in [1.29, 1.82) is 0 Å². The van der Waals surface area contributed by atoms with Crippen LogP contribution in [0.5, 0.6) is 5.75 Å². The number of nitrogens with one attached hydrogen (secondary N) is 2. The van der Waals surface area contributed by atoms with Gasteiger partial charge in [-0.15, -0.1) is 0 Å². The smallest absolute Gasteiger partial charge is 0.240 e. The van der Waals surface area contributed by atoms with Crippen molar-refractivity contribution in [2.75, 3.05) is 7.11 Å². The third kappa shape index (κ3) is 6.87. The second-order valence-electron chi connectivity index (χ2n) is 5.33. The molecule has 0 radical (unpaired) electrons. The molecule has 0 aliphatic carbocycles. The van der Waals surface area contributed by atoms with Gasteiger partial charge in [-0.1, -0.05) is 42.5 Å². The van der Waals surface area contributed by atoms with Crippen molar-refractivity contribution in [1.82, 2.24) is 10.7 Å². The van der Waals surface area contributed by atoms with E-state index in [4.69, 9.17) is 4.74 Å². The lowest BCUT2D eigenvalue weighted by molar-refractivity contribution is -0.126. The van der Waals surface area contributed by atoms with Gasteiger partial charge in [0.2, 0.25) is 11.8 Å². The zero-order chi connectivity index (χ0) is 17.9. The number of hydrogen-bond donors (Lipinski definition) is 2. The first kappa shape index (κ1) is 18.2. The van der Waals surface area contributed by atoms with Gasteiger partial charge in [0, 0.05) is 19.4 Å². The maximum Gasteiger partial charge on any atom is 0.240 e. The largest absolute Gasteiger partial charge is 0.497 e. The van der Waals surface area contributed by atoms with E-state index in [2.05, 4.69) is 15.8 Å². The number of methoxy groups -OCH3 is 1. The van der Waals surface area contributed by atoms with Gasteiger partial charge in [0.25, 0.3) is 0 Å². The lowest BCUT2D eigenvalue weighted by atomic mass is 10.2. The molecule has 0 atom stereocenters. The van der Waals surface area contributed by atoms with Crippen LogP contribution in [0.2, 0.25) is 0 Å². The Morgan fingerprint density at radius 1 is 1.04 bits per heavy atom. The SMILES string of the molecule is COc1cccc(/C=N\NC(=O)CCC(=O)NCc2ccccc2)c1. The van der Waals surface area contributed by atoms with E-state index in [1.807, 2.05) is 48.5 Å². The third-order valence-corrected chi connectivity index (χ3v) is 3.41. The predicted octanol–water partition coefficient (Wildman–Crippen LogP) is 2.24. The van der Waals surface area contributed by atoms with Crippen LogP contribution >= 0.6 is 0 Å². The van der Waals surface area contributed by atoms with Crippen LogP contribution in [-0.2, 0) is 16.1 Å².